The number of ether oxygens (including phenoxy) is 1. The van der Waals surface area contributed by atoms with Crippen LogP contribution in [0.15, 0.2) is 58.4 Å². The summed E-state index contributed by atoms with van der Waals surface area (Å²) < 4.78 is 6.95. The highest BCUT2D eigenvalue weighted by molar-refractivity contribution is 7.08. The van der Waals surface area contributed by atoms with Gasteiger partial charge in [-0.15, -0.1) is 0 Å². The summed E-state index contributed by atoms with van der Waals surface area (Å²) in [5.74, 6) is 0.0798. The zero-order valence-corrected chi connectivity index (χ0v) is 17.0. The van der Waals surface area contributed by atoms with Crippen molar-refractivity contribution in [1.29, 1.82) is 0 Å². The van der Waals surface area contributed by atoms with E-state index in [2.05, 4.69) is 10.3 Å². The van der Waals surface area contributed by atoms with Gasteiger partial charge in [0.15, 0.2) is 0 Å². The zero-order valence-electron chi connectivity index (χ0n) is 16.2. The lowest BCUT2D eigenvalue weighted by molar-refractivity contribution is 0.0513. The van der Waals surface area contributed by atoms with Gasteiger partial charge in [-0.05, 0) is 52.8 Å². The van der Waals surface area contributed by atoms with Crippen LogP contribution in [0, 0.1) is 5.92 Å². The molecule has 1 atom stereocenters. The second kappa shape index (κ2) is 8.71. The van der Waals surface area contributed by atoms with E-state index < -0.39 is 0 Å². The summed E-state index contributed by atoms with van der Waals surface area (Å²) in [4.78, 5) is 29.8. The first-order chi connectivity index (χ1) is 14.1. The minimum atomic E-state index is -0.192. The lowest BCUT2D eigenvalue weighted by Gasteiger charge is -2.31. The summed E-state index contributed by atoms with van der Waals surface area (Å²) in [6.45, 7) is 1.38. The Morgan fingerprint density at radius 3 is 2.86 bits per heavy atom. The average molecular weight is 410 g/mol. The number of hydrogen-bond acceptors (Lipinski definition) is 5. The van der Waals surface area contributed by atoms with Crippen molar-refractivity contribution in [2.75, 3.05) is 13.2 Å². The van der Waals surface area contributed by atoms with Crippen molar-refractivity contribution >= 4 is 17.2 Å². The molecule has 4 rings (SSSR count). The van der Waals surface area contributed by atoms with Gasteiger partial charge in [-0.1, -0.05) is 6.07 Å². The highest BCUT2D eigenvalue weighted by atomic mass is 32.1. The van der Waals surface area contributed by atoms with Gasteiger partial charge >= 0.3 is 0 Å². The number of carbonyl (C=O) groups excluding carboxylic acids is 1. The van der Waals surface area contributed by atoms with Crippen LogP contribution in [0.5, 0.6) is 0 Å². The number of amides is 1. The zero-order chi connectivity index (χ0) is 20.2. The first-order valence-electron chi connectivity index (χ1n) is 9.65. The van der Waals surface area contributed by atoms with Gasteiger partial charge in [0.1, 0.15) is 0 Å². The normalized spacial score (nSPS) is 15.8. The maximum atomic E-state index is 13.4. The van der Waals surface area contributed by atoms with Crippen LogP contribution in [0.4, 0.5) is 0 Å². The van der Waals surface area contributed by atoms with E-state index >= 15 is 0 Å². The fourth-order valence-electron chi connectivity index (χ4n) is 3.77. The molecule has 0 aromatic carbocycles. The number of nitrogens with one attached hydrogen (secondary N) is 1. The van der Waals surface area contributed by atoms with Gasteiger partial charge in [0.25, 0.3) is 11.5 Å². The molecule has 4 heterocycles. The van der Waals surface area contributed by atoms with Gasteiger partial charge in [0, 0.05) is 50.5 Å². The van der Waals surface area contributed by atoms with Gasteiger partial charge in [0.2, 0.25) is 0 Å². The highest BCUT2D eigenvalue weighted by Gasteiger charge is 2.28. The molecule has 1 saturated heterocycles. The maximum Gasteiger partial charge on any atom is 0.253 e. The lowest BCUT2D eigenvalue weighted by Crippen LogP contribution is -2.36. The van der Waals surface area contributed by atoms with E-state index in [1.807, 2.05) is 29.0 Å². The quantitative estimate of drug-likeness (QED) is 0.701. The first-order valence-corrected chi connectivity index (χ1v) is 10.6. The van der Waals surface area contributed by atoms with Crippen molar-refractivity contribution in [3.8, 4) is 11.1 Å². The van der Waals surface area contributed by atoms with E-state index in [1.165, 1.54) is 22.0 Å². The number of thiophene rings is 1. The topological polar surface area (TPSA) is 73.2 Å². The Morgan fingerprint density at radius 1 is 1.34 bits per heavy atom. The number of carbonyl (C=O) groups is 1. The van der Waals surface area contributed by atoms with Crippen molar-refractivity contribution in [3.63, 3.8) is 0 Å². The van der Waals surface area contributed by atoms with Crippen molar-refractivity contribution in [2.45, 2.75) is 18.9 Å². The molecule has 0 radical (unpaired) electrons. The Labute approximate surface area is 173 Å². The van der Waals surface area contributed by atoms with E-state index in [4.69, 9.17) is 4.74 Å². The van der Waals surface area contributed by atoms with Crippen molar-refractivity contribution in [1.82, 2.24) is 14.9 Å². The molecule has 1 fully saturated rings. The largest absolute Gasteiger partial charge is 0.381 e. The Morgan fingerprint density at radius 2 is 2.17 bits per heavy atom. The lowest BCUT2D eigenvalue weighted by atomic mass is 9.87. The Hall–Kier alpha value is -2.77. The van der Waals surface area contributed by atoms with Crippen molar-refractivity contribution in [2.24, 2.45) is 13.0 Å². The summed E-state index contributed by atoms with van der Waals surface area (Å²) in [5.41, 5.74) is 2.86. The van der Waals surface area contributed by atoms with E-state index in [1.54, 1.807) is 25.6 Å². The summed E-state index contributed by atoms with van der Waals surface area (Å²) in [6.07, 6.45) is 6.92. The molecule has 0 bridgehead atoms. The highest BCUT2D eigenvalue weighted by Crippen LogP contribution is 2.31. The maximum absolute atomic E-state index is 13.4. The Balaban J connectivity index is 1.69. The molecule has 1 aliphatic rings. The number of hydrogen-bond donors (Lipinski definition) is 1. The SMILES string of the molecule is Cn1cc(C(=O)NC(c2cccnc2)C2CCOCC2)c(-c2ccsc2)cc1=O. The van der Waals surface area contributed by atoms with Crippen LogP contribution in [0.2, 0.25) is 0 Å². The van der Waals surface area contributed by atoms with Crippen LogP contribution in [0.1, 0.15) is 34.8 Å². The van der Waals surface area contributed by atoms with Crippen LogP contribution in [-0.4, -0.2) is 28.7 Å². The van der Waals surface area contributed by atoms with Crippen molar-refractivity contribution < 1.29 is 9.53 Å². The average Bonchev–Trinajstić information content (AvgIpc) is 3.29. The fraction of sp³-hybridized carbons (Fsp3) is 0.318. The molecule has 1 amide bonds. The number of pyridine rings is 2. The second-order valence-electron chi connectivity index (χ2n) is 7.25. The summed E-state index contributed by atoms with van der Waals surface area (Å²) in [5, 5.41) is 7.11. The van der Waals surface area contributed by atoms with E-state index in [0.717, 1.165) is 24.0 Å². The molecule has 150 valence electrons. The Bertz CT molecular complexity index is 1030. The van der Waals surface area contributed by atoms with Gasteiger partial charge in [-0.3, -0.25) is 14.6 Å². The van der Waals surface area contributed by atoms with E-state index in [-0.39, 0.29) is 23.4 Å². The molecular formula is C22H23N3O3S. The third-order valence-electron chi connectivity index (χ3n) is 5.37. The molecule has 0 saturated carbocycles. The third kappa shape index (κ3) is 4.31. The number of aromatic nitrogens is 2. The third-order valence-corrected chi connectivity index (χ3v) is 6.06. The van der Waals surface area contributed by atoms with Gasteiger partial charge in [-0.2, -0.15) is 11.3 Å². The van der Waals surface area contributed by atoms with E-state index in [0.29, 0.717) is 24.3 Å². The van der Waals surface area contributed by atoms with Crippen LogP contribution in [0.3, 0.4) is 0 Å². The minimum Gasteiger partial charge on any atom is -0.381 e. The second-order valence-corrected chi connectivity index (χ2v) is 8.03. The van der Waals surface area contributed by atoms with Gasteiger partial charge in [-0.25, -0.2) is 0 Å². The monoisotopic (exact) mass is 409 g/mol. The van der Waals surface area contributed by atoms with Gasteiger partial charge in [0.05, 0.1) is 11.6 Å². The molecule has 3 aromatic heterocycles. The first kappa shape index (κ1) is 19.5. The summed E-state index contributed by atoms with van der Waals surface area (Å²) in [7, 11) is 1.66. The predicted octanol–water partition coefficient (Wildman–Crippen LogP) is 3.41. The standard InChI is InChI=1S/C22H23N3O3S/c1-25-13-19(18(11-20(25)26)17-6-10-29-14-17)22(27)24-21(15-4-8-28-9-5-15)16-3-2-7-23-12-16/h2-3,6-7,10-15,21H,4-5,8-9H2,1H3,(H,24,27). The molecule has 0 spiro atoms. The van der Waals surface area contributed by atoms with Crippen LogP contribution in [0.25, 0.3) is 11.1 Å². The molecule has 0 aliphatic carbocycles. The molecule has 1 N–H and O–H groups in total. The van der Waals surface area contributed by atoms with Gasteiger partial charge < -0.3 is 14.6 Å². The molecule has 1 unspecified atom stereocenters. The minimum absolute atomic E-state index is 0.143. The fourth-order valence-corrected chi connectivity index (χ4v) is 4.42. The predicted molar refractivity (Wildman–Crippen MR) is 113 cm³/mol. The van der Waals surface area contributed by atoms with Crippen molar-refractivity contribution in [3.05, 3.63) is 75.1 Å². The molecular weight excluding hydrogens is 386 g/mol. The number of rotatable bonds is 5. The Kier molecular flexibility index (Phi) is 5.87. The van der Waals surface area contributed by atoms with Crippen LogP contribution in [-0.2, 0) is 11.8 Å². The number of aryl methyl sites for hydroxylation is 1. The smallest absolute Gasteiger partial charge is 0.253 e. The summed E-state index contributed by atoms with van der Waals surface area (Å²) >= 11 is 1.54. The molecule has 1 aliphatic heterocycles. The molecule has 6 nitrogen and oxygen atoms in total. The number of nitrogens with zero attached hydrogens (tertiary/aromatic N) is 2. The summed E-state index contributed by atoms with van der Waals surface area (Å²) in [6, 6.07) is 7.18. The van der Waals surface area contributed by atoms with Crippen LogP contribution < -0.4 is 10.9 Å². The molecule has 29 heavy (non-hydrogen) atoms. The van der Waals surface area contributed by atoms with Crippen LogP contribution >= 0.6 is 11.3 Å². The van der Waals surface area contributed by atoms with E-state index in [9.17, 15) is 9.59 Å². The molecule has 7 heteroatoms. The molecule has 3 aromatic rings.